The van der Waals surface area contributed by atoms with E-state index in [2.05, 4.69) is 21.9 Å². The Morgan fingerprint density at radius 3 is 2.33 bits per heavy atom. The summed E-state index contributed by atoms with van der Waals surface area (Å²) in [5.41, 5.74) is 5.10. The summed E-state index contributed by atoms with van der Waals surface area (Å²) in [6, 6.07) is 21.4. The van der Waals surface area contributed by atoms with Crippen molar-refractivity contribution < 1.29 is 33.4 Å². The maximum atomic E-state index is 14.3. The van der Waals surface area contributed by atoms with E-state index in [1.165, 1.54) is 16.9 Å². The number of carbonyl (C=O) groups is 4. The number of imidazole rings is 1. The van der Waals surface area contributed by atoms with Crippen molar-refractivity contribution in [1.82, 2.24) is 24.7 Å². The lowest BCUT2D eigenvalue weighted by atomic mass is 9.98. The molecule has 3 heterocycles. The van der Waals surface area contributed by atoms with Crippen LogP contribution in [0.1, 0.15) is 74.6 Å². The molecule has 0 spiro atoms. The fourth-order valence-electron chi connectivity index (χ4n) is 7.84. The number of benzene rings is 4. The van der Waals surface area contributed by atoms with Crippen molar-refractivity contribution >= 4 is 52.1 Å². The number of para-hydroxylation sites is 1. The number of fused-ring (bicyclic) bond motifs is 2. The molecule has 1 N–H and O–H groups in total. The second-order valence-corrected chi connectivity index (χ2v) is 15.2. The van der Waals surface area contributed by atoms with E-state index in [-0.39, 0.29) is 41.3 Å². The molecule has 7 rings (SSSR count). The first-order chi connectivity index (χ1) is 29.1. The lowest BCUT2D eigenvalue weighted by Gasteiger charge is -2.32. The minimum Gasteiger partial charge on any atom is -0.494 e. The average Bonchev–Trinajstić information content (AvgIpc) is 3.79. The normalized spacial score (nSPS) is 14.0. The molecule has 2 aliphatic rings. The highest BCUT2D eigenvalue weighted by Crippen LogP contribution is 2.43. The quantitative estimate of drug-likeness (QED) is 0.0494. The first-order valence-electron chi connectivity index (χ1n) is 20.3. The molecule has 1 fully saturated rings. The fourth-order valence-corrected chi connectivity index (χ4v) is 7.84. The average molecular weight is 812 g/mol. The number of ether oxygens (including phenoxy) is 2. The lowest BCUT2D eigenvalue weighted by Crippen LogP contribution is -2.47. The van der Waals surface area contributed by atoms with E-state index in [1.54, 1.807) is 49.5 Å². The van der Waals surface area contributed by atoms with Crippen molar-refractivity contribution in [1.29, 1.82) is 0 Å². The molecule has 0 radical (unpaired) electrons. The van der Waals surface area contributed by atoms with E-state index in [0.717, 1.165) is 56.5 Å². The number of aromatic nitrogens is 2. The van der Waals surface area contributed by atoms with Crippen LogP contribution in [-0.2, 0) is 16.0 Å². The van der Waals surface area contributed by atoms with Gasteiger partial charge in [-0.25, -0.2) is 9.78 Å². The monoisotopic (exact) mass is 811 g/mol. The third kappa shape index (κ3) is 8.70. The zero-order chi connectivity index (χ0) is 42.3. The number of nitrogens with one attached hydrogen (secondary N) is 1. The molecule has 1 saturated heterocycles. The number of methoxy groups -OCH3 is 1. The minimum atomic E-state index is -0.441. The third-order valence-electron chi connectivity index (χ3n) is 11.2. The molecule has 0 saturated carbocycles. The van der Waals surface area contributed by atoms with Crippen LogP contribution in [0, 0.1) is 6.92 Å². The number of anilines is 1. The maximum Gasteiger partial charge on any atom is 0.261 e. The van der Waals surface area contributed by atoms with Crippen molar-refractivity contribution in [2.45, 2.75) is 45.4 Å². The van der Waals surface area contributed by atoms with Gasteiger partial charge in [-0.05, 0) is 87.7 Å². The summed E-state index contributed by atoms with van der Waals surface area (Å²) in [4.78, 5) is 83.6. The number of isocyanates is 1. The van der Waals surface area contributed by atoms with Gasteiger partial charge in [-0.2, -0.15) is 4.99 Å². The highest BCUT2D eigenvalue weighted by atomic mass is 16.5. The molecule has 5 aromatic rings. The summed E-state index contributed by atoms with van der Waals surface area (Å²) < 4.78 is 12.1. The fraction of sp³-hybridized carbons (Fsp3) is 0.348. The summed E-state index contributed by atoms with van der Waals surface area (Å²) in [6.07, 6.45) is 5.46. The van der Waals surface area contributed by atoms with Gasteiger partial charge in [-0.1, -0.05) is 30.3 Å². The van der Waals surface area contributed by atoms with E-state index in [1.807, 2.05) is 48.2 Å². The van der Waals surface area contributed by atoms with Crippen LogP contribution in [0.3, 0.4) is 0 Å². The number of aromatic amines is 1. The standard InChI is InChI=1S/C46H49N7O7/c1-30-18-21-37(38(28-30)60-27-9-5-6-17-40(55)52-25-23-50(2)24-26-52)51(3)44(56)35-20-19-32(43(59-4)42(35)47-29-54)31-14-10-15-36-41(31)49-39(48-36)16-11-22-53-45(57)33-12-7-8-13-34(33)46(53)58/h7-8,10,12-15,18-21,28H,5-6,9,11,16-17,22-27H2,1-4H3,(H,48,49). The number of hydrogen-bond acceptors (Lipinski definition) is 10. The number of likely N-dealkylation sites (N-methyl/N-ethyl adjacent to an activating group) is 1. The van der Waals surface area contributed by atoms with Crippen LogP contribution in [0.15, 0.2) is 77.8 Å². The number of unbranched alkanes of at least 4 members (excludes halogenated alkanes) is 2. The summed E-state index contributed by atoms with van der Waals surface area (Å²) in [5, 5.41) is 0. The van der Waals surface area contributed by atoms with Crippen LogP contribution in [0.25, 0.3) is 22.2 Å². The van der Waals surface area contributed by atoms with Crippen LogP contribution in [0.4, 0.5) is 11.4 Å². The molecule has 60 heavy (non-hydrogen) atoms. The number of aliphatic imine (C=N–C) groups is 1. The smallest absolute Gasteiger partial charge is 0.261 e. The Balaban J connectivity index is 1.04. The first-order valence-corrected chi connectivity index (χ1v) is 20.3. The van der Waals surface area contributed by atoms with Crippen molar-refractivity contribution in [2.24, 2.45) is 4.99 Å². The highest BCUT2D eigenvalue weighted by molar-refractivity contribution is 6.21. The van der Waals surface area contributed by atoms with Gasteiger partial charge in [0.05, 0.1) is 47.1 Å². The van der Waals surface area contributed by atoms with E-state index < -0.39 is 5.91 Å². The second-order valence-electron chi connectivity index (χ2n) is 15.2. The number of hydrogen-bond donors (Lipinski definition) is 1. The van der Waals surface area contributed by atoms with E-state index in [9.17, 15) is 24.0 Å². The van der Waals surface area contributed by atoms with Gasteiger partial charge in [0.2, 0.25) is 12.0 Å². The predicted octanol–water partition coefficient (Wildman–Crippen LogP) is 6.73. The van der Waals surface area contributed by atoms with Crippen LogP contribution in [0.5, 0.6) is 11.5 Å². The van der Waals surface area contributed by atoms with Gasteiger partial charge < -0.3 is 29.2 Å². The SMILES string of the molecule is COc1c(-c2cccc3[nH]c(CCCN4C(=O)c5ccccc5C4=O)nc23)ccc(C(=O)N(C)c2ccc(C)cc2OCCCCCC(=O)N2CCN(C)CC2)c1N=C=O. The predicted molar refractivity (Wildman–Crippen MR) is 228 cm³/mol. The van der Waals surface area contributed by atoms with Crippen molar-refractivity contribution in [3.8, 4) is 22.6 Å². The number of nitrogens with zero attached hydrogens (tertiary/aromatic N) is 6. The van der Waals surface area contributed by atoms with Gasteiger partial charge in [0.25, 0.3) is 17.7 Å². The molecule has 0 bridgehead atoms. The molecular weight excluding hydrogens is 763 g/mol. The number of aryl methyl sites for hydroxylation is 2. The van der Waals surface area contributed by atoms with Crippen molar-refractivity contribution in [3.05, 3.63) is 101 Å². The Hall–Kier alpha value is -6.63. The van der Waals surface area contributed by atoms with E-state index in [4.69, 9.17) is 14.5 Å². The highest BCUT2D eigenvalue weighted by Gasteiger charge is 2.34. The Bertz CT molecular complexity index is 2450. The zero-order valence-electron chi connectivity index (χ0n) is 34.5. The Morgan fingerprint density at radius 1 is 0.883 bits per heavy atom. The summed E-state index contributed by atoms with van der Waals surface area (Å²) >= 11 is 0. The first kappa shape index (κ1) is 41.5. The molecule has 4 aromatic carbocycles. The third-order valence-corrected chi connectivity index (χ3v) is 11.2. The molecule has 0 atom stereocenters. The Labute approximate surface area is 348 Å². The number of amides is 4. The minimum absolute atomic E-state index is 0.0243. The number of imide groups is 1. The second kappa shape index (κ2) is 18.5. The Morgan fingerprint density at radius 2 is 1.62 bits per heavy atom. The summed E-state index contributed by atoms with van der Waals surface area (Å²) in [5.74, 6) is 0.575. The van der Waals surface area contributed by atoms with Gasteiger partial charge in [-0.15, -0.1) is 0 Å². The molecule has 0 aliphatic carbocycles. The summed E-state index contributed by atoms with van der Waals surface area (Å²) in [7, 11) is 5.16. The van der Waals surface area contributed by atoms with Crippen LogP contribution < -0.4 is 14.4 Å². The van der Waals surface area contributed by atoms with Crippen LogP contribution in [0.2, 0.25) is 0 Å². The molecular formula is C46H49N7O7. The van der Waals surface area contributed by atoms with Crippen molar-refractivity contribution in [2.75, 3.05) is 65.4 Å². The molecule has 14 nitrogen and oxygen atoms in total. The number of rotatable bonds is 16. The largest absolute Gasteiger partial charge is 0.494 e. The number of H-pyrrole nitrogens is 1. The maximum absolute atomic E-state index is 14.3. The van der Waals surface area contributed by atoms with Crippen LogP contribution >= 0.6 is 0 Å². The number of piperazine rings is 1. The lowest BCUT2D eigenvalue weighted by molar-refractivity contribution is -0.132. The molecule has 0 unspecified atom stereocenters. The van der Waals surface area contributed by atoms with Crippen molar-refractivity contribution in [3.63, 3.8) is 0 Å². The molecule has 14 heteroatoms. The van der Waals surface area contributed by atoms with E-state index in [0.29, 0.717) is 70.9 Å². The van der Waals surface area contributed by atoms with Gasteiger partial charge in [0, 0.05) is 63.7 Å². The molecule has 310 valence electrons. The molecule has 4 amide bonds. The Kier molecular flexibility index (Phi) is 12.8. The molecule has 1 aromatic heterocycles. The van der Waals surface area contributed by atoms with E-state index >= 15 is 0 Å². The van der Waals surface area contributed by atoms with Crippen LogP contribution in [-0.4, -0.2) is 115 Å². The molecule has 2 aliphatic heterocycles. The summed E-state index contributed by atoms with van der Waals surface area (Å²) in [6.45, 7) is 5.97. The van der Waals surface area contributed by atoms with Gasteiger partial charge in [0.1, 0.15) is 17.3 Å². The zero-order valence-corrected chi connectivity index (χ0v) is 34.5. The number of carbonyl (C=O) groups excluding carboxylic acids is 5. The van der Waals surface area contributed by atoms with Gasteiger partial charge >= 0.3 is 0 Å². The topological polar surface area (TPSA) is 158 Å². The van der Waals surface area contributed by atoms with Gasteiger partial charge in [-0.3, -0.25) is 24.1 Å². The van der Waals surface area contributed by atoms with Gasteiger partial charge in [0.15, 0.2) is 5.75 Å².